The van der Waals surface area contributed by atoms with Crippen molar-refractivity contribution in [3.05, 3.63) is 83.4 Å². The van der Waals surface area contributed by atoms with E-state index in [9.17, 15) is 27.9 Å². The minimum absolute atomic E-state index is 0.0549. The quantitative estimate of drug-likeness (QED) is 0.218. The van der Waals surface area contributed by atoms with Crippen LogP contribution >= 0.6 is 0 Å². The number of carboxylic acids is 1. The van der Waals surface area contributed by atoms with Crippen molar-refractivity contribution in [1.29, 1.82) is 0 Å². The Kier molecular flexibility index (Phi) is 10.0. The molecule has 1 aliphatic carbocycles. The monoisotopic (exact) mass is 597 g/mol. The number of nitrogens with one attached hydrogen (secondary N) is 1. The maximum Gasteiger partial charge on any atom is 0.416 e. The zero-order chi connectivity index (χ0) is 31.3. The van der Waals surface area contributed by atoms with Gasteiger partial charge in [-0.05, 0) is 105 Å². The number of halogens is 3. The summed E-state index contributed by atoms with van der Waals surface area (Å²) in [7, 11) is 0. The highest BCUT2D eigenvalue weighted by atomic mass is 19.4. The van der Waals surface area contributed by atoms with Crippen molar-refractivity contribution in [3.63, 3.8) is 0 Å². The second kappa shape index (κ2) is 13.5. The Morgan fingerprint density at radius 1 is 1.07 bits per heavy atom. The summed E-state index contributed by atoms with van der Waals surface area (Å²) in [5.74, 6) is -0.0927. The molecule has 1 saturated carbocycles. The van der Waals surface area contributed by atoms with Crippen molar-refractivity contribution in [3.8, 4) is 11.5 Å². The third-order valence-electron chi connectivity index (χ3n) is 7.64. The first-order valence-corrected chi connectivity index (χ1v) is 14.5. The van der Waals surface area contributed by atoms with Gasteiger partial charge in [-0.3, -0.25) is 4.79 Å². The highest BCUT2D eigenvalue weighted by molar-refractivity contribution is 6.05. The highest BCUT2D eigenvalue weighted by Crippen LogP contribution is 2.36. The van der Waals surface area contributed by atoms with Gasteiger partial charge in [0.15, 0.2) is 0 Å². The van der Waals surface area contributed by atoms with Crippen LogP contribution in [0.25, 0.3) is 10.8 Å². The van der Waals surface area contributed by atoms with Crippen LogP contribution in [0.2, 0.25) is 0 Å². The van der Waals surface area contributed by atoms with Crippen LogP contribution in [-0.4, -0.2) is 29.1 Å². The maximum absolute atomic E-state index is 13.5. The average molecular weight is 598 g/mol. The van der Waals surface area contributed by atoms with Crippen LogP contribution in [0.15, 0.2) is 66.7 Å². The number of ether oxygens (including phenoxy) is 2. The molecule has 1 amide bonds. The van der Waals surface area contributed by atoms with E-state index in [0.29, 0.717) is 35.0 Å². The maximum atomic E-state index is 13.5. The number of rotatable bonds is 11. The van der Waals surface area contributed by atoms with Crippen LogP contribution < -0.4 is 14.8 Å². The molecule has 9 heteroatoms. The minimum atomic E-state index is -4.46. The first-order valence-electron chi connectivity index (χ1n) is 14.5. The number of alkyl halides is 3. The lowest BCUT2D eigenvalue weighted by molar-refractivity contribution is -0.139. The number of hydrogen-bond donors (Lipinski definition) is 2. The van der Waals surface area contributed by atoms with Gasteiger partial charge in [-0.25, -0.2) is 4.79 Å². The first kappa shape index (κ1) is 31.9. The van der Waals surface area contributed by atoms with E-state index >= 15 is 0 Å². The zero-order valence-corrected chi connectivity index (χ0v) is 24.7. The summed E-state index contributed by atoms with van der Waals surface area (Å²) in [6.07, 6.45) is -0.752. The Bertz CT molecular complexity index is 1470. The number of carboxylic acid groups (broad SMARTS) is 1. The number of fused-ring (bicyclic) bond motifs is 1. The van der Waals surface area contributed by atoms with Crippen LogP contribution in [0.3, 0.4) is 0 Å². The van der Waals surface area contributed by atoms with Gasteiger partial charge in [0.25, 0.3) is 5.91 Å². The fraction of sp³-hybridized carbons (Fsp3) is 0.412. The molecular formula is C34H38F3NO5. The van der Waals surface area contributed by atoms with E-state index in [1.807, 2.05) is 13.8 Å². The van der Waals surface area contributed by atoms with E-state index in [1.165, 1.54) is 17.7 Å². The summed E-state index contributed by atoms with van der Waals surface area (Å²) in [4.78, 5) is 25.7. The third kappa shape index (κ3) is 8.52. The molecule has 0 saturated heterocycles. The van der Waals surface area contributed by atoms with Crippen molar-refractivity contribution in [2.45, 2.75) is 77.8 Å². The topological polar surface area (TPSA) is 84.9 Å². The van der Waals surface area contributed by atoms with E-state index in [2.05, 4.69) is 18.8 Å². The SMILES string of the molecule is C=C1CC(C)CC(CC[C@H](NC(=O)c2ccc3cc(OC(C)C)ccc3c2OCc2ccc(C(F)(F)F)cc2)C(=O)O)C1. The standard InChI is InChI=1S/C34H38F3NO5/c1-20(2)43-27-11-13-28-25(18-27)8-12-29(31(28)42-19-23-5-9-26(10-6-23)34(35,36)37)32(39)38-30(33(40)41)14-7-24-16-21(3)15-22(4)17-24/h5-6,8-13,18,20,22,24,30H,3,7,14-17,19H2,1-2,4H3,(H,38,39)(H,40,41)/t22?,24?,30-/m0/s1. The summed E-state index contributed by atoms with van der Waals surface area (Å²) in [5, 5.41) is 13.9. The summed E-state index contributed by atoms with van der Waals surface area (Å²) >= 11 is 0. The van der Waals surface area contributed by atoms with E-state index in [1.54, 1.807) is 30.3 Å². The molecule has 0 spiro atoms. The lowest BCUT2D eigenvalue weighted by Gasteiger charge is -2.29. The molecule has 1 aliphatic rings. The molecule has 3 aromatic carbocycles. The lowest BCUT2D eigenvalue weighted by Crippen LogP contribution is -2.41. The van der Waals surface area contributed by atoms with Crippen LogP contribution in [0.4, 0.5) is 13.2 Å². The van der Waals surface area contributed by atoms with E-state index in [0.717, 1.165) is 36.8 Å². The molecule has 2 unspecified atom stereocenters. The highest BCUT2D eigenvalue weighted by Gasteiger charge is 2.30. The molecule has 0 radical (unpaired) electrons. The molecular weight excluding hydrogens is 559 g/mol. The number of carbonyl (C=O) groups is 2. The van der Waals surface area contributed by atoms with Crippen LogP contribution in [0, 0.1) is 11.8 Å². The number of carbonyl (C=O) groups excluding carboxylic acids is 1. The second-order valence-corrected chi connectivity index (χ2v) is 11.8. The fourth-order valence-electron chi connectivity index (χ4n) is 5.74. The number of benzene rings is 3. The lowest BCUT2D eigenvalue weighted by atomic mass is 9.77. The van der Waals surface area contributed by atoms with Gasteiger partial charge in [0.05, 0.1) is 17.2 Å². The molecule has 0 bridgehead atoms. The van der Waals surface area contributed by atoms with Crippen molar-refractivity contribution >= 4 is 22.6 Å². The smallest absolute Gasteiger partial charge is 0.416 e. The molecule has 3 atom stereocenters. The van der Waals surface area contributed by atoms with E-state index < -0.39 is 29.7 Å². The molecule has 0 heterocycles. The van der Waals surface area contributed by atoms with Crippen LogP contribution in [0.1, 0.15) is 74.4 Å². The Labute approximate surface area is 249 Å². The van der Waals surface area contributed by atoms with Gasteiger partial charge in [-0.2, -0.15) is 13.2 Å². The third-order valence-corrected chi connectivity index (χ3v) is 7.64. The average Bonchev–Trinajstić information content (AvgIpc) is 2.92. The predicted molar refractivity (Wildman–Crippen MR) is 159 cm³/mol. The van der Waals surface area contributed by atoms with E-state index in [4.69, 9.17) is 9.47 Å². The van der Waals surface area contributed by atoms with Crippen molar-refractivity contribution in [1.82, 2.24) is 5.32 Å². The number of hydrogen-bond acceptors (Lipinski definition) is 4. The molecule has 4 rings (SSSR count). The Morgan fingerprint density at radius 2 is 1.79 bits per heavy atom. The summed E-state index contributed by atoms with van der Waals surface area (Å²) in [6, 6.07) is 12.1. The molecule has 0 aromatic heterocycles. The normalized spacial score (nSPS) is 18.0. The van der Waals surface area contributed by atoms with Crippen molar-refractivity contribution in [2.75, 3.05) is 0 Å². The Balaban J connectivity index is 1.58. The second-order valence-electron chi connectivity index (χ2n) is 11.8. The van der Waals surface area contributed by atoms with Gasteiger partial charge in [0.1, 0.15) is 24.1 Å². The van der Waals surface area contributed by atoms with Crippen molar-refractivity contribution in [2.24, 2.45) is 11.8 Å². The molecule has 230 valence electrons. The molecule has 6 nitrogen and oxygen atoms in total. The van der Waals surface area contributed by atoms with Crippen LogP contribution in [0.5, 0.6) is 11.5 Å². The van der Waals surface area contributed by atoms with Gasteiger partial charge >= 0.3 is 12.1 Å². The number of allylic oxidation sites excluding steroid dienone is 1. The number of aliphatic carboxylic acids is 1. The van der Waals surface area contributed by atoms with Gasteiger partial charge < -0.3 is 19.9 Å². The summed E-state index contributed by atoms with van der Waals surface area (Å²) in [5.41, 5.74) is 1.00. The van der Waals surface area contributed by atoms with Gasteiger partial charge in [0, 0.05) is 5.39 Å². The van der Waals surface area contributed by atoms with Gasteiger partial charge in [-0.15, -0.1) is 0 Å². The molecule has 0 aliphatic heterocycles. The largest absolute Gasteiger partial charge is 0.491 e. The van der Waals surface area contributed by atoms with Crippen molar-refractivity contribution < 1.29 is 37.3 Å². The Hall–Kier alpha value is -4.01. The molecule has 43 heavy (non-hydrogen) atoms. The molecule has 2 N–H and O–H groups in total. The Morgan fingerprint density at radius 3 is 2.42 bits per heavy atom. The molecule has 3 aromatic rings. The fourth-order valence-corrected chi connectivity index (χ4v) is 5.74. The van der Waals surface area contributed by atoms with Gasteiger partial charge in [-0.1, -0.05) is 37.3 Å². The summed E-state index contributed by atoms with van der Waals surface area (Å²) < 4.78 is 50.9. The minimum Gasteiger partial charge on any atom is -0.491 e. The zero-order valence-electron chi connectivity index (χ0n) is 24.7. The first-order chi connectivity index (χ1) is 20.3. The molecule has 1 fully saturated rings. The predicted octanol–water partition coefficient (Wildman–Crippen LogP) is 8.18. The van der Waals surface area contributed by atoms with Crippen LogP contribution in [-0.2, 0) is 17.6 Å². The summed E-state index contributed by atoms with van der Waals surface area (Å²) in [6.45, 7) is 9.98. The van der Waals surface area contributed by atoms with Gasteiger partial charge in [0.2, 0.25) is 0 Å². The number of amides is 1. The van der Waals surface area contributed by atoms with E-state index in [-0.39, 0.29) is 30.4 Å².